The number of oxazole rings is 1. The van der Waals surface area contributed by atoms with Crippen LogP contribution in [0.15, 0.2) is 28.9 Å². The minimum atomic E-state index is -0.149. The molecular formula is C17H18N6O2. The zero-order valence-electron chi connectivity index (χ0n) is 13.7. The molecule has 2 fully saturated rings. The molecule has 1 aliphatic carbocycles. The van der Waals surface area contributed by atoms with Crippen LogP contribution in [0.5, 0.6) is 0 Å². The number of carbonyl (C=O) groups is 1. The van der Waals surface area contributed by atoms with Crippen LogP contribution in [-0.2, 0) is 0 Å². The predicted molar refractivity (Wildman–Crippen MR) is 90.2 cm³/mol. The van der Waals surface area contributed by atoms with Crippen LogP contribution >= 0.6 is 0 Å². The molecule has 8 heteroatoms. The Labute approximate surface area is 145 Å². The number of amides is 2. The van der Waals surface area contributed by atoms with Crippen molar-refractivity contribution in [2.75, 3.05) is 36.4 Å². The molecule has 4 rings (SSSR count). The molecule has 0 radical (unpaired) electrons. The van der Waals surface area contributed by atoms with Crippen molar-refractivity contribution in [2.45, 2.75) is 18.8 Å². The molecule has 0 spiro atoms. The van der Waals surface area contributed by atoms with Gasteiger partial charge in [0.05, 0.1) is 11.9 Å². The molecule has 2 aromatic rings. The van der Waals surface area contributed by atoms with E-state index in [1.165, 1.54) is 0 Å². The van der Waals surface area contributed by atoms with Gasteiger partial charge in [0.1, 0.15) is 6.07 Å². The van der Waals surface area contributed by atoms with Gasteiger partial charge in [0.2, 0.25) is 17.5 Å². The summed E-state index contributed by atoms with van der Waals surface area (Å²) in [5, 5.41) is 12.1. The Bertz CT molecular complexity index is 800. The molecule has 8 nitrogen and oxygen atoms in total. The number of hydrogen-bond donors (Lipinski definition) is 1. The highest BCUT2D eigenvalue weighted by Crippen LogP contribution is 2.41. The van der Waals surface area contributed by atoms with E-state index in [4.69, 9.17) is 4.42 Å². The fourth-order valence-corrected chi connectivity index (χ4v) is 2.87. The number of nitrogens with one attached hydrogen (secondary N) is 1. The van der Waals surface area contributed by atoms with Gasteiger partial charge in [-0.05, 0) is 25.0 Å². The lowest BCUT2D eigenvalue weighted by Crippen LogP contribution is -2.50. The number of pyridine rings is 1. The Morgan fingerprint density at radius 2 is 2.12 bits per heavy atom. The Kier molecular flexibility index (Phi) is 3.98. The van der Waals surface area contributed by atoms with E-state index >= 15 is 0 Å². The van der Waals surface area contributed by atoms with Crippen molar-refractivity contribution in [2.24, 2.45) is 0 Å². The van der Waals surface area contributed by atoms with Gasteiger partial charge in [0, 0.05) is 38.3 Å². The summed E-state index contributed by atoms with van der Waals surface area (Å²) in [6.45, 7) is 2.32. The topological polar surface area (TPSA) is 98.3 Å². The number of anilines is 2. The molecule has 1 N–H and O–H groups in total. The van der Waals surface area contributed by atoms with E-state index in [0.29, 0.717) is 55.3 Å². The van der Waals surface area contributed by atoms with E-state index in [-0.39, 0.29) is 6.03 Å². The molecule has 25 heavy (non-hydrogen) atoms. The van der Waals surface area contributed by atoms with Crippen LogP contribution in [0, 0.1) is 11.3 Å². The molecule has 0 atom stereocenters. The molecule has 128 valence electrons. The van der Waals surface area contributed by atoms with Crippen molar-refractivity contribution in [3.8, 4) is 6.07 Å². The largest absolute Gasteiger partial charge is 0.423 e. The first-order valence-electron chi connectivity index (χ1n) is 8.36. The summed E-state index contributed by atoms with van der Waals surface area (Å²) in [5.41, 5.74) is 1.01. The minimum Gasteiger partial charge on any atom is -0.423 e. The van der Waals surface area contributed by atoms with Crippen molar-refractivity contribution >= 4 is 17.6 Å². The fraction of sp³-hybridized carbons (Fsp3) is 0.412. The molecule has 3 heterocycles. The Hall–Kier alpha value is -3.08. The molecule has 0 bridgehead atoms. The van der Waals surface area contributed by atoms with Gasteiger partial charge >= 0.3 is 6.03 Å². The van der Waals surface area contributed by atoms with Gasteiger partial charge in [0.25, 0.3) is 0 Å². The smallest absolute Gasteiger partial charge is 0.322 e. The number of aromatic nitrogens is 2. The van der Waals surface area contributed by atoms with Gasteiger partial charge in [-0.2, -0.15) is 5.26 Å². The monoisotopic (exact) mass is 338 g/mol. The quantitative estimate of drug-likeness (QED) is 0.921. The van der Waals surface area contributed by atoms with E-state index in [0.717, 1.165) is 12.8 Å². The van der Waals surface area contributed by atoms with Gasteiger partial charge in [-0.15, -0.1) is 0 Å². The van der Waals surface area contributed by atoms with E-state index < -0.39 is 0 Å². The summed E-state index contributed by atoms with van der Waals surface area (Å²) < 4.78 is 5.83. The van der Waals surface area contributed by atoms with Crippen molar-refractivity contribution in [1.82, 2.24) is 14.9 Å². The molecule has 2 amide bonds. The predicted octanol–water partition coefficient (Wildman–Crippen LogP) is 2.17. The van der Waals surface area contributed by atoms with Crippen LogP contribution in [0.2, 0.25) is 0 Å². The van der Waals surface area contributed by atoms with Gasteiger partial charge in [-0.1, -0.05) is 0 Å². The van der Waals surface area contributed by atoms with Crippen LogP contribution in [0.1, 0.15) is 30.3 Å². The number of nitriles is 1. The van der Waals surface area contributed by atoms with E-state index in [2.05, 4.69) is 21.4 Å². The van der Waals surface area contributed by atoms with Crippen molar-refractivity contribution < 1.29 is 9.21 Å². The Balaban J connectivity index is 1.38. The average molecular weight is 338 g/mol. The number of urea groups is 1. The molecule has 2 aromatic heterocycles. The summed E-state index contributed by atoms with van der Waals surface area (Å²) in [7, 11) is 0. The second kappa shape index (κ2) is 6.43. The van der Waals surface area contributed by atoms with Gasteiger partial charge in [-0.25, -0.2) is 9.78 Å². The third kappa shape index (κ3) is 3.26. The highest BCUT2D eigenvalue weighted by molar-refractivity contribution is 5.89. The lowest BCUT2D eigenvalue weighted by atomic mass is 10.3. The third-order valence-corrected chi connectivity index (χ3v) is 4.43. The summed E-state index contributed by atoms with van der Waals surface area (Å²) in [5.74, 6) is 1.58. The van der Waals surface area contributed by atoms with Crippen LogP contribution in [0.4, 0.5) is 16.4 Å². The maximum atomic E-state index is 12.3. The lowest BCUT2D eigenvalue weighted by molar-refractivity contribution is 0.207. The highest BCUT2D eigenvalue weighted by atomic mass is 16.4. The number of carbonyl (C=O) groups excluding carboxylic acids is 1. The first kappa shape index (κ1) is 15.4. The number of rotatable bonds is 3. The fourth-order valence-electron chi connectivity index (χ4n) is 2.87. The van der Waals surface area contributed by atoms with Gasteiger partial charge in [0.15, 0.2) is 0 Å². The van der Waals surface area contributed by atoms with Crippen molar-refractivity contribution in [1.29, 1.82) is 5.26 Å². The van der Waals surface area contributed by atoms with Crippen LogP contribution in [0.3, 0.4) is 0 Å². The van der Waals surface area contributed by atoms with E-state index in [1.54, 1.807) is 29.4 Å². The summed E-state index contributed by atoms with van der Waals surface area (Å²) in [4.78, 5) is 24.3. The van der Waals surface area contributed by atoms with E-state index in [1.807, 2.05) is 4.90 Å². The molecule has 0 unspecified atom stereocenters. The normalized spacial score (nSPS) is 17.2. The van der Waals surface area contributed by atoms with Crippen LogP contribution < -0.4 is 10.2 Å². The average Bonchev–Trinajstić information content (AvgIpc) is 3.41. The number of piperazine rings is 1. The molecule has 2 aliphatic rings. The van der Waals surface area contributed by atoms with Crippen molar-refractivity contribution in [3.05, 3.63) is 36.1 Å². The van der Waals surface area contributed by atoms with Gasteiger partial charge in [-0.3, -0.25) is 4.98 Å². The first-order chi connectivity index (χ1) is 12.2. The maximum Gasteiger partial charge on any atom is 0.322 e. The number of hydrogen-bond acceptors (Lipinski definition) is 6. The Morgan fingerprint density at radius 1 is 1.32 bits per heavy atom. The molecule has 1 aliphatic heterocycles. The van der Waals surface area contributed by atoms with Crippen molar-refractivity contribution in [3.63, 3.8) is 0 Å². The lowest BCUT2D eigenvalue weighted by Gasteiger charge is -2.34. The van der Waals surface area contributed by atoms with Gasteiger partial charge < -0.3 is 19.5 Å². The van der Waals surface area contributed by atoms with Crippen LogP contribution in [0.25, 0.3) is 0 Å². The maximum absolute atomic E-state index is 12.3. The van der Waals surface area contributed by atoms with Crippen LogP contribution in [-0.4, -0.2) is 47.1 Å². The zero-order chi connectivity index (χ0) is 17.2. The molecular weight excluding hydrogens is 320 g/mol. The molecule has 1 saturated heterocycles. The molecule has 1 saturated carbocycles. The summed E-state index contributed by atoms with van der Waals surface area (Å²) in [6.07, 6.45) is 5.43. The second-order valence-corrected chi connectivity index (χ2v) is 6.24. The minimum absolute atomic E-state index is 0.149. The summed E-state index contributed by atoms with van der Waals surface area (Å²) >= 11 is 0. The standard InChI is InChI=1S/C17H18N6O2/c18-10-14-16(25-15(21-14)12-3-4-12)22-6-8-23(9-7-22)17(24)20-13-2-1-5-19-11-13/h1-2,5,11-12H,3-4,6-9H2,(H,20,24). The second-order valence-electron chi connectivity index (χ2n) is 6.24. The molecule has 0 aromatic carbocycles. The third-order valence-electron chi connectivity index (χ3n) is 4.43. The highest BCUT2D eigenvalue weighted by Gasteiger charge is 2.32. The summed E-state index contributed by atoms with van der Waals surface area (Å²) in [6, 6.07) is 5.54. The SMILES string of the molecule is N#Cc1nc(C2CC2)oc1N1CCN(C(=O)Nc2cccnc2)CC1. The zero-order valence-corrected chi connectivity index (χ0v) is 13.7. The first-order valence-corrected chi connectivity index (χ1v) is 8.36. The van der Waals surface area contributed by atoms with E-state index in [9.17, 15) is 10.1 Å². The number of nitrogens with zero attached hydrogens (tertiary/aromatic N) is 5. The Morgan fingerprint density at radius 3 is 2.76 bits per heavy atom.